The Kier molecular flexibility index (Phi) is 3.46. The van der Waals surface area contributed by atoms with Crippen LogP contribution in [0.1, 0.15) is 5.56 Å². The number of hydrogen-bond donors (Lipinski definition) is 2. The van der Waals surface area contributed by atoms with E-state index in [0.29, 0.717) is 6.54 Å². The fraction of sp³-hybridized carbons (Fsp3) is 0.0526. The quantitative estimate of drug-likeness (QED) is 0.487. The highest BCUT2D eigenvalue weighted by atomic mass is 32.1. The van der Waals surface area contributed by atoms with Gasteiger partial charge in [-0.1, -0.05) is 29.5 Å². The van der Waals surface area contributed by atoms with Crippen LogP contribution in [0.25, 0.3) is 27.1 Å². The first-order valence-electron chi connectivity index (χ1n) is 8.17. The molecule has 26 heavy (non-hydrogen) atoms. The Morgan fingerprint density at radius 3 is 2.88 bits per heavy atom. The van der Waals surface area contributed by atoms with Crippen molar-refractivity contribution in [1.82, 2.24) is 19.6 Å². The van der Waals surface area contributed by atoms with Crippen molar-refractivity contribution in [1.29, 1.82) is 0 Å². The molecule has 0 saturated carbocycles. The van der Waals surface area contributed by atoms with E-state index in [0.717, 1.165) is 37.8 Å². The predicted octanol–water partition coefficient (Wildman–Crippen LogP) is 4.69. The fourth-order valence-electron chi connectivity index (χ4n) is 2.95. The van der Waals surface area contributed by atoms with Gasteiger partial charge < -0.3 is 10.3 Å². The average Bonchev–Trinajstić information content (AvgIpc) is 3.35. The van der Waals surface area contributed by atoms with E-state index in [-0.39, 0.29) is 5.82 Å². The van der Waals surface area contributed by atoms with Crippen molar-refractivity contribution in [3.8, 4) is 11.3 Å². The van der Waals surface area contributed by atoms with Gasteiger partial charge in [-0.05, 0) is 35.9 Å². The summed E-state index contributed by atoms with van der Waals surface area (Å²) < 4.78 is 14.8. The molecular formula is C19H14FN5S. The predicted molar refractivity (Wildman–Crippen MR) is 102 cm³/mol. The number of halogens is 1. The monoisotopic (exact) mass is 363 g/mol. The molecule has 0 unspecified atom stereocenters. The molecule has 2 aromatic carbocycles. The summed E-state index contributed by atoms with van der Waals surface area (Å²) in [6.07, 6.45) is 3.77. The molecule has 0 radical (unpaired) electrons. The van der Waals surface area contributed by atoms with E-state index < -0.39 is 0 Å². The Bertz CT molecular complexity index is 1200. The minimum absolute atomic E-state index is 0.231. The molecule has 0 aliphatic heterocycles. The first kappa shape index (κ1) is 15.1. The van der Waals surface area contributed by atoms with E-state index in [2.05, 4.69) is 38.6 Å². The first-order chi connectivity index (χ1) is 12.8. The number of benzene rings is 2. The van der Waals surface area contributed by atoms with Crippen molar-refractivity contribution in [2.24, 2.45) is 0 Å². The van der Waals surface area contributed by atoms with E-state index in [4.69, 9.17) is 0 Å². The van der Waals surface area contributed by atoms with E-state index in [9.17, 15) is 4.39 Å². The molecule has 0 atom stereocenters. The van der Waals surface area contributed by atoms with Crippen molar-refractivity contribution in [2.75, 3.05) is 5.32 Å². The number of rotatable bonds is 4. The van der Waals surface area contributed by atoms with Crippen LogP contribution in [0.2, 0.25) is 0 Å². The van der Waals surface area contributed by atoms with Gasteiger partial charge in [0.2, 0.25) is 10.1 Å². The second-order valence-electron chi connectivity index (χ2n) is 6.00. The van der Waals surface area contributed by atoms with Gasteiger partial charge in [-0.2, -0.15) is 0 Å². The molecule has 0 amide bonds. The highest BCUT2D eigenvalue weighted by Crippen LogP contribution is 2.28. The zero-order chi connectivity index (χ0) is 17.5. The van der Waals surface area contributed by atoms with Crippen molar-refractivity contribution in [2.45, 2.75) is 6.54 Å². The number of fused-ring (bicyclic) bond motifs is 2. The number of nitrogens with one attached hydrogen (secondary N) is 2. The lowest BCUT2D eigenvalue weighted by Crippen LogP contribution is -2.00. The highest BCUT2D eigenvalue weighted by molar-refractivity contribution is 7.20. The van der Waals surface area contributed by atoms with Crippen LogP contribution in [-0.2, 0) is 6.54 Å². The zero-order valence-electron chi connectivity index (χ0n) is 13.6. The number of hydrogen-bond acceptors (Lipinski definition) is 4. The topological polar surface area (TPSA) is 58.0 Å². The Hall–Kier alpha value is -3.19. The fourth-order valence-corrected chi connectivity index (χ4v) is 3.72. The molecule has 0 aliphatic rings. The maximum absolute atomic E-state index is 13.0. The van der Waals surface area contributed by atoms with Gasteiger partial charge in [0.15, 0.2) is 0 Å². The second-order valence-corrected chi connectivity index (χ2v) is 6.96. The third-order valence-corrected chi connectivity index (χ3v) is 5.17. The molecule has 3 aromatic heterocycles. The molecule has 5 nitrogen and oxygen atoms in total. The molecule has 0 aliphatic carbocycles. The molecule has 0 bridgehead atoms. The summed E-state index contributed by atoms with van der Waals surface area (Å²) in [6, 6.07) is 14.7. The van der Waals surface area contributed by atoms with Gasteiger partial charge >= 0.3 is 0 Å². The third kappa shape index (κ3) is 2.62. The van der Waals surface area contributed by atoms with Gasteiger partial charge in [-0.3, -0.25) is 0 Å². The Balaban J connectivity index is 1.44. The number of aromatic nitrogens is 4. The van der Waals surface area contributed by atoms with Crippen molar-refractivity contribution < 1.29 is 4.39 Å². The van der Waals surface area contributed by atoms with Crippen molar-refractivity contribution in [3.63, 3.8) is 0 Å². The van der Waals surface area contributed by atoms with Gasteiger partial charge in [0.05, 0.1) is 11.9 Å². The van der Waals surface area contributed by atoms with Crippen LogP contribution in [0.3, 0.4) is 0 Å². The van der Waals surface area contributed by atoms with Crippen LogP contribution >= 0.6 is 11.3 Å². The van der Waals surface area contributed by atoms with Gasteiger partial charge in [0.25, 0.3) is 0 Å². The lowest BCUT2D eigenvalue weighted by Gasteiger charge is -2.02. The van der Waals surface area contributed by atoms with E-state index >= 15 is 0 Å². The minimum Gasteiger partial charge on any atom is -0.361 e. The van der Waals surface area contributed by atoms with Crippen LogP contribution in [-0.4, -0.2) is 19.6 Å². The van der Waals surface area contributed by atoms with Gasteiger partial charge in [0.1, 0.15) is 5.82 Å². The minimum atomic E-state index is -0.231. The summed E-state index contributed by atoms with van der Waals surface area (Å²) in [5, 5.41) is 9.84. The standard InChI is InChI=1S/C19H14FN5S/c20-15-4-1-12(2-5-15)10-22-18-24-25-17(11-23-19(25)26-18)14-3-6-16-13(9-14)7-8-21-16/h1-9,11,21H,10H2,(H,22,24). The Labute approximate surface area is 152 Å². The van der Waals surface area contributed by atoms with E-state index in [1.807, 2.05) is 23.0 Å². The molecule has 5 rings (SSSR count). The van der Waals surface area contributed by atoms with Crippen LogP contribution in [0.5, 0.6) is 0 Å². The molecule has 0 fully saturated rings. The third-order valence-electron chi connectivity index (χ3n) is 4.29. The molecule has 0 spiro atoms. The molecule has 5 aromatic rings. The SMILES string of the molecule is Fc1ccc(CNc2nn3c(-c4ccc5[nH]ccc5c4)cnc3s2)cc1. The summed E-state index contributed by atoms with van der Waals surface area (Å²) >= 11 is 1.49. The highest BCUT2D eigenvalue weighted by Gasteiger charge is 2.12. The first-order valence-corrected chi connectivity index (χ1v) is 8.98. The molecule has 128 valence electrons. The van der Waals surface area contributed by atoms with Crippen LogP contribution in [0.4, 0.5) is 9.52 Å². The molecule has 7 heteroatoms. The molecular weight excluding hydrogens is 349 g/mol. The lowest BCUT2D eigenvalue weighted by atomic mass is 10.1. The summed E-state index contributed by atoms with van der Waals surface area (Å²) in [4.78, 5) is 8.50. The molecule has 2 N–H and O–H groups in total. The number of aromatic amines is 1. The number of H-pyrrole nitrogens is 1. The lowest BCUT2D eigenvalue weighted by molar-refractivity contribution is 0.627. The maximum Gasteiger partial charge on any atom is 0.214 e. The summed E-state index contributed by atoms with van der Waals surface area (Å²) in [5.41, 5.74) is 4.13. The van der Waals surface area contributed by atoms with Crippen LogP contribution in [0, 0.1) is 5.82 Å². The number of imidazole rings is 1. The smallest absolute Gasteiger partial charge is 0.214 e. The van der Waals surface area contributed by atoms with Gasteiger partial charge in [0, 0.05) is 29.2 Å². The van der Waals surface area contributed by atoms with E-state index in [1.54, 1.807) is 12.1 Å². The normalized spacial score (nSPS) is 11.4. The Morgan fingerprint density at radius 2 is 2.00 bits per heavy atom. The van der Waals surface area contributed by atoms with Crippen molar-refractivity contribution in [3.05, 3.63) is 72.3 Å². The number of anilines is 1. The Morgan fingerprint density at radius 1 is 1.12 bits per heavy atom. The van der Waals surface area contributed by atoms with Gasteiger partial charge in [-0.15, -0.1) is 5.10 Å². The second kappa shape index (κ2) is 5.96. The molecule has 3 heterocycles. The summed E-state index contributed by atoms with van der Waals surface area (Å²) in [7, 11) is 0. The number of nitrogens with zero attached hydrogens (tertiary/aromatic N) is 3. The zero-order valence-corrected chi connectivity index (χ0v) is 14.4. The van der Waals surface area contributed by atoms with Crippen LogP contribution < -0.4 is 5.32 Å². The maximum atomic E-state index is 13.0. The van der Waals surface area contributed by atoms with Crippen LogP contribution in [0.15, 0.2) is 60.9 Å². The summed E-state index contributed by atoms with van der Waals surface area (Å²) in [6.45, 7) is 0.585. The average molecular weight is 363 g/mol. The van der Waals surface area contributed by atoms with Gasteiger partial charge in [-0.25, -0.2) is 13.9 Å². The van der Waals surface area contributed by atoms with E-state index in [1.165, 1.54) is 23.5 Å². The van der Waals surface area contributed by atoms with Crippen molar-refractivity contribution >= 4 is 32.3 Å². The molecule has 0 saturated heterocycles. The summed E-state index contributed by atoms with van der Waals surface area (Å²) in [5.74, 6) is -0.231. The largest absolute Gasteiger partial charge is 0.361 e.